The normalized spacial score (nSPS) is 27.4. The smallest absolute Gasteiger partial charge is 0.327 e. The van der Waals surface area contributed by atoms with E-state index in [0.717, 1.165) is 32.1 Å². The predicted molar refractivity (Wildman–Crippen MR) is 63.6 cm³/mol. The molecule has 17 heavy (non-hydrogen) atoms. The Morgan fingerprint density at radius 2 is 1.94 bits per heavy atom. The van der Waals surface area contributed by atoms with Gasteiger partial charge in [-0.25, -0.2) is 0 Å². The van der Waals surface area contributed by atoms with Crippen molar-refractivity contribution in [3.8, 4) is 0 Å². The number of carbonyl (C=O) groups is 2. The summed E-state index contributed by atoms with van der Waals surface area (Å²) in [4.78, 5) is 22.9. The number of rotatable bonds is 8. The van der Waals surface area contributed by atoms with Crippen LogP contribution in [0.25, 0.3) is 0 Å². The lowest BCUT2D eigenvalue weighted by molar-refractivity contribution is -0.216. The number of hydrogen-bond acceptors (Lipinski definition) is 3. The highest BCUT2D eigenvalue weighted by atomic mass is 16.6. The third-order valence-electron chi connectivity index (χ3n) is 3.54. The van der Waals surface area contributed by atoms with Gasteiger partial charge in [-0.2, -0.15) is 0 Å². The van der Waals surface area contributed by atoms with E-state index in [1.807, 2.05) is 6.92 Å². The van der Waals surface area contributed by atoms with Crippen molar-refractivity contribution in [2.24, 2.45) is 5.41 Å². The first-order chi connectivity index (χ1) is 8.09. The van der Waals surface area contributed by atoms with Gasteiger partial charge in [-0.15, -0.1) is 0 Å². The van der Waals surface area contributed by atoms with Gasteiger partial charge >= 0.3 is 11.9 Å². The Morgan fingerprint density at radius 1 is 1.29 bits per heavy atom. The van der Waals surface area contributed by atoms with Crippen LogP contribution in [0.4, 0.5) is 0 Å². The molecule has 2 atom stereocenters. The lowest BCUT2D eigenvalue weighted by Crippen LogP contribution is -2.61. The molecule has 0 amide bonds. The zero-order chi connectivity index (χ0) is 12.9. The summed E-state index contributed by atoms with van der Waals surface area (Å²) in [6.07, 6.45) is 5.38. The van der Waals surface area contributed by atoms with E-state index in [9.17, 15) is 14.7 Å². The summed E-state index contributed by atoms with van der Waals surface area (Å²) in [5, 5.41) is 9.31. The minimum atomic E-state index is -1.25. The summed E-state index contributed by atoms with van der Waals surface area (Å²) < 4.78 is 5.04. The summed E-state index contributed by atoms with van der Waals surface area (Å²) in [5.41, 5.74) is -1.25. The zero-order valence-corrected chi connectivity index (χ0v) is 10.7. The highest BCUT2D eigenvalue weighted by Gasteiger charge is 2.62. The molecule has 1 heterocycles. The Bertz CT molecular complexity index is 277. The summed E-state index contributed by atoms with van der Waals surface area (Å²) in [6, 6.07) is 0. The van der Waals surface area contributed by atoms with Crippen molar-refractivity contribution in [2.45, 2.75) is 64.9 Å². The molecule has 2 unspecified atom stereocenters. The number of hydrogen-bond donors (Lipinski definition) is 1. The Morgan fingerprint density at radius 3 is 2.41 bits per heavy atom. The van der Waals surface area contributed by atoms with Gasteiger partial charge in [-0.1, -0.05) is 39.5 Å². The Hall–Kier alpha value is -1.06. The van der Waals surface area contributed by atoms with Gasteiger partial charge < -0.3 is 9.84 Å². The number of carboxylic acid groups (broad SMARTS) is 1. The van der Waals surface area contributed by atoms with Gasteiger partial charge in [0.15, 0.2) is 0 Å². The van der Waals surface area contributed by atoms with E-state index in [2.05, 4.69) is 6.92 Å². The predicted octanol–water partition coefficient (Wildman–Crippen LogP) is 2.75. The van der Waals surface area contributed by atoms with Crippen LogP contribution in [-0.4, -0.2) is 23.1 Å². The van der Waals surface area contributed by atoms with Gasteiger partial charge in [-0.3, -0.25) is 9.59 Å². The lowest BCUT2D eigenvalue weighted by Gasteiger charge is -2.43. The number of aliphatic carboxylic acids is 1. The number of carboxylic acids is 1. The van der Waals surface area contributed by atoms with Crippen LogP contribution in [0.15, 0.2) is 0 Å². The fraction of sp³-hybridized carbons (Fsp3) is 0.846. The summed E-state index contributed by atoms with van der Waals surface area (Å²) >= 11 is 0. The van der Waals surface area contributed by atoms with E-state index in [1.165, 1.54) is 0 Å². The maximum Gasteiger partial charge on any atom is 0.327 e. The van der Waals surface area contributed by atoms with E-state index >= 15 is 0 Å². The number of esters is 1. The Kier molecular flexibility index (Phi) is 4.97. The first kappa shape index (κ1) is 14.0. The van der Waals surface area contributed by atoms with Crippen LogP contribution in [0.2, 0.25) is 0 Å². The van der Waals surface area contributed by atoms with Gasteiger partial charge in [0.25, 0.3) is 0 Å². The third kappa shape index (κ3) is 2.61. The summed E-state index contributed by atoms with van der Waals surface area (Å²) in [7, 11) is 0. The van der Waals surface area contributed by atoms with Crippen molar-refractivity contribution >= 4 is 11.9 Å². The van der Waals surface area contributed by atoms with Crippen molar-refractivity contribution in [2.75, 3.05) is 0 Å². The minimum absolute atomic E-state index is 0.411. The second kappa shape index (κ2) is 6.03. The van der Waals surface area contributed by atoms with Crippen molar-refractivity contribution < 1.29 is 19.4 Å². The average molecular weight is 242 g/mol. The van der Waals surface area contributed by atoms with Gasteiger partial charge in [0, 0.05) is 0 Å². The van der Waals surface area contributed by atoms with Crippen LogP contribution in [0, 0.1) is 5.41 Å². The second-order valence-electron chi connectivity index (χ2n) is 4.77. The van der Waals surface area contributed by atoms with Crippen LogP contribution in [0.5, 0.6) is 0 Å². The monoisotopic (exact) mass is 242 g/mol. The van der Waals surface area contributed by atoms with Crippen molar-refractivity contribution in [1.82, 2.24) is 0 Å². The van der Waals surface area contributed by atoms with Crippen LogP contribution in [0.1, 0.15) is 58.8 Å². The Balaban J connectivity index is 2.64. The van der Waals surface area contributed by atoms with Crippen molar-refractivity contribution in [3.05, 3.63) is 0 Å². The van der Waals surface area contributed by atoms with Crippen LogP contribution >= 0.6 is 0 Å². The molecule has 0 aromatic heterocycles. The fourth-order valence-corrected chi connectivity index (χ4v) is 2.34. The lowest BCUT2D eigenvalue weighted by atomic mass is 9.71. The molecule has 0 aromatic carbocycles. The van der Waals surface area contributed by atoms with E-state index in [1.54, 1.807) is 0 Å². The van der Waals surface area contributed by atoms with Crippen molar-refractivity contribution in [1.29, 1.82) is 0 Å². The third-order valence-corrected chi connectivity index (χ3v) is 3.54. The molecule has 0 aliphatic carbocycles. The topological polar surface area (TPSA) is 63.6 Å². The molecule has 1 aliphatic heterocycles. The molecule has 1 N–H and O–H groups in total. The van der Waals surface area contributed by atoms with Crippen molar-refractivity contribution in [3.63, 3.8) is 0 Å². The largest absolute Gasteiger partial charge is 0.480 e. The molecule has 0 saturated carbocycles. The number of cyclic esters (lactones) is 1. The van der Waals surface area contributed by atoms with Gasteiger partial charge in [0.1, 0.15) is 6.10 Å². The summed E-state index contributed by atoms with van der Waals surface area (Å²) in [5.74, 6) is -1.55. The van der Waals surface area contributed by atoms with Crippen LogP contribution in [0.3, 0.4) is 0 Å². The van der Waals surface area contributed by atoms with E-state index in [4.69, 9.17) is 4.74 Å². The molecule has 0 spiro atoms. The molecule has 4 heteroatoms. The fourth-order valence-electron chi connectivity index (χ4n) is 2.34. The average Bonchev–Trinajstić information content (AvgIpc) is 2.28. The van der Waals surface area contributed by atoms with E-state index < -0.39 is 23.5 Å². The van der Waals surface area contributed by atoms with Gasteiger partial charge in [0.2, 0.25) is 5.41 Å². The standard InChI is InChI=1S/C13H22O4/c1-3-5-7-8-10-13(11(14)15,9-6-4-2)12(16)17-10/h10H,3-9H2,1-2H3,(H,14,15). The highest BCUT2D eigenvalue weighted by molar-refractivity contribution is 6.03. The molecule has 1 fully saturated rings. The first-order valence-electron chi connectivity index (χ1n) is 6.54. The number of unbranched alkanes of at least 4 members (excludes halogenated alkanes) is 3. The molecule has 0 radical (unpaired) electrons. The quantitative estimate of drug-likeness (QED) is 0.404. The molecule has 98 valence electrons. The Labute approximate surface area is 102 Å². The number of ether oxygens (including phenoxy) is 1. The maximum atomic E-state index is 11.5. The van der Waals surface area contributed by atoms with Gasteiger partial charge in [-0.05, 0) is 19.3 Å². The molecule has 1 aliphatic rings. The first-order valence-corrected chi connectivity index (χ1v) is 6.54. The van der Waals surface area contributed by atoms with E-state index in [0.29, 0.717) is 12.8 Å². The van der Waals surface area contributed by atoms with Crippen LogP contribution < -0.4 is 0 Å². The molecule has 1 saturated heterocycles. The zero-order valence-electron chi connectivity index (χ0n) is 10.7. The minimum Gasteiger partial charge on any atom is -0.480 e. The van der Waals surface area contributed by atoms with Crippen LogP contribution in [-0.2, 0) is 14.3 Å². The van der Waals surface area contributed by atoms with E-state index in [-0.39, 0.29) is 0 Å². The maximum absolute atomic E-state index is 11.5. The molecule has 0 aromatic rings. The number of carbonyl (C=O) groups excluding carboxylic acids is 1. The molecular formula is C13H22O4. The molecule has 0 bridgehead atoms. The van der Waals surface area contributed by atoms with Gasteiger partial charge in [0.05, 0.1) is 0 Å². The second-order valence-corrected chi connectivity index (χ2v) is 4.77. The molecule has 1 rings (SSSR count). The SMILES string of the molecule is CCCCCC1OC(=O)C1(CCCC)C(=O)O. The molecule has 4 nitrogen and oxygen atoms in total. The molecular weight excluding hydrogens is 220 g/mol. The highest BCUT2D eigenvalue weighted by Crippen LogP contribution is 2.44. The summed E-state index contributed by atoms with van der Waals surface area (Å²) in [6.45, 7) is 4.08.